The van der Waals surface area contributed by atoms with Crippen LogP contribution in [0, 0.1) is 5.92 Å². The summed E-state index contributed by atoms with van der Waals surface area (Å²) in [5.74, 6) is 1.14. The molecule has 2 saturated heterocycles. The number of aryl methyl sites for hydroxylation is 1. The molecular formula is C13H21ClN4O. The number of carbonyl (C=O) groups excluding carboxylic acids is 1. The Morgan fingerprint density at radius 2 is 2.05 bits per heavy atom. The molecule has 0 bridgehead atoms. The van der Waals surface area contributed by atoms with Crippen LogP contribution in [-0.2, 0) is 11.8 Å². The van der Waals surface area contributed by atoms with Gasteiger partial charge in [0.1, 0.15) is 0 Å². The number of piperidine rings is 1. The van der Waals surface area contributed by atoms with Crippen molar-refractivity contribution in [3.63, 3.8) is 0 Å². The summed E-state index contributed by atoms with van der Waals surface area (Å²) in [7, 11) is 1.99. The molecule has 0 atom stereocenters. The van der Waals surface area contributed by atoms with Crippen LogP contribution in [0.3, 0.4) is 0 Å². The van der Waals surface area contributed by atoms with E-state index in [1.54, 1.807) is 0 Å². The van der Waals surface area contributed by atoms with Gasteiger partial charge in [0, 0.05) is 51.0 Å². The Bertz CT molecular complexity index is 436. The number of rotatable bonds is 2. The van der Waals surface area contributed by atoms with Crippen LogP contribution in [0.25, 0.3) is 0 Å². The first-order chi connectivity index (χ1) is 8.75. The molecule has 3 heterocycles. The summed E-state index contributed by atoms with van der Waals surface area (Å²) in [5.41, 5.74) is 1.30. The lowest BCUT2D eigenvalue weighted by molar-refractivity contribution is -0.138. The lowest BCUT2D eigenvalue weighted by atomic mass is 9.92. The molecule has 1 aromatic heterocycles. The lowest BCUT2D eigenvalue weighted by Gasteiger charge is -2.36. The second-order valence-electron chi connectivity index (χ2n) is 5.33. The van der Waals surface area contributed by atoms with Gasteiger partial charge >= 0.3 is 0 Å². The van der Waals surface area contributed by atoms with Gasteiger partial charge in [0.25, 0.3) is 0 Å². The highest BCUT2D eigenvalue weighted by Gasteiger charge is 2.32. The Morgan fingerprint density at radius 1 is 1.37 bits per heavy atom. The van der Waals surface area contributed by atoms with E-state index in [1.165, 1.54) is 5.69 Å². The summed E-state index contributed by atoms with van der Waals surface area (Å²) in [6.45, 7) is 3.51. The van der Waals surface area contributed by atoms with E-state index in [-0.39, 0.29) is 18.3 Å². The zero-order valence-electron chi connectivity index (χ0n) is 11.2. The fraction of sp³-hybridized carbons (Fsp3) is 0.692. The van der Waals surface area contributed by atoms with Crippen molar-refractivity contribution >= 4 is 18.3 Å². The van der Waals surface area contributed by atoms with E-state index in [4.69, 9.17) is 0 Å². The first-order valence-corrected chi connectivity index (χ1v) is 6.73. The highest BCUT2D eigenvalue weighted by atomic mass is 35.5. The summed E-state index contributed by atoms with van der Waals surface area (Å²) in [5, 5.41) is 7.39. The number of nitrogens with one attached hydrogen (secondary N) is 1. The Balaban J connectivity index is 0.00000133. The van der Waals surface area contributed by atoms with Gasteiger partial charge in [-0.1, -0.05) is 0 Å². The third kappa shape index (κ3) is 2.77. The van der Waals surface area contributed by atoms with Crippen LogP contribution in [0.4, 0.5) is 0 Å². The van der Waals surface area contributed by atoms with Gasteiger partial charge in [-0.05, 0) is 18.9 Å². The minimum Gasteiger partial charge on any atom is -0.342 e. The van der Waals surface area contributed by atoms with Gasteiger partial charge in [-0.3, -0.25) is 9.48 Å². The average molecular weight is 285 g/mol. The lowest BCUT2D eigenvalue weighted by Crippen LogP contribution is -2.53. The number of hydrogen-bond acceptors (Lipinski definition) is 3. The van der Waals surface area contributed by atoms with Crippen molar-refractivity contribution in [1.82, 2.24) is 20.0 Å². The first kappa shape index (κ1) is 14.3. The zero-order chi connectivity index (χ0) is 12.5. The Labute approximate surface area is 119 Å². The molecule has 5 nitrogen and oxygen atoms in total. The van der Waals surface area contributed by atoms with Crippen molar-refractivity contribution in [3.05, 3.63) is 18.0 Å². The molecular weight excluding hydrogens is 264 g/mol. The van der Waals surface area contributed by atoms with E-state index < -0.39 is 0 Å². The largest absolute Gasteiger partial charge is 0.342 e. The maximum Gasteiger partial charge on any atom is 0.228 e. The van der Waals surface area contributed by atoms with Gasteiger partial charge in [0.15, 0.2) is 0 Å². The standard InChI is InChI=1S/C13H20N4O.ClH/c1-16-12(2-5-15-16)10-3-6-17(7-4-10)13(18)11-8-14-9-11;/h2,5,10-11,14H,3-4,6-9H2,1H3;1H. The molecule has 2 fully saturated rings. The number of amides is 1. The summed E-state index contributed by atoms with van der Waals surface area (Å²) in [6.07, 6.45) is 3.98. The maximum atomic E-state index is 12.1. The Morgan fingerprint density at radius 3 is 2.53 bits per heavy atom. The van der Waals surface area contributed by atoms with E-state index in [0.717, 1.165) is 39.0 Å². The number of halogens is 1. The molecule has 6 heteroatoms. The second-order valence-corrected chi connectivity index (χ2v) is 5.33. The topological polar surface area (TPSA) is 50.2 Å². The monoisotopic (exact) mass is 284 g/mol. The fourth-order valence-electron chi connectivity index (χ4n) is 2.90. The maximum absolute atomic E-state index is 12.1. The van der Waals surface area contributed by atoms with Gasteiger partial charge in [-0.2, -0.15) is 5.10 Å². The van der Waals surface area contributed by atoms with Crippen LogP contribution in [0.1, 0.15) is 24.5 Å². The van der Waals surface area contributed by atoms with Crippen LogP contribution in [0.5, 0.6) is 0 Å². The quantitative estimate of drug-likeness (QED) is 0.873. The van der Waals surface area contributed by atoms with Crippen molar-refractivity contribution in [1.29, 1.82) is 0 Å². The predicted octanol–water partition coefficient (Wildman–Crippen LogP) is 0.767. The molecule has 0 spiro atoms. The van der Waals surface area contributed by atoms with E-state index in [1.807, 2.05) is 22.8 Å². The van der Waals surface area contributed by atoms with Crippen molar-refractivity contribution in [2.45, 2.75) is 18.8 Å². The molecule has 3 rings (SSSR count). The van der Waals surface area contributed by atoms with E-state index in [0.29, 0.717) is 11.8 Å². The molecule has 2 aliphatic rings. The van der Waals surface area contributed by atoms with Crippen LogP contribution in [0.2, 0.25) is 0 Å². The highest BCUT2D eigenvalue weighted by molar-refractivity contribution is 5.85. The summed E-state index contributed by atoms with van der Waals surface area (Å²) in [4.78, 5) is 14.1. The van der Waals surface area contributed by atoms with Crippen LogP contribution in [-0.4, -0.2) is 46.8 Å². The van der Waals surface area contributed by atoms with Crippen LogP contribution in [0.15, 0.2) is 12.3 Å². The fourth-order valence-corrected chi connectivity index (χ4v) is 2.90. The highest BCUT2D eigenvalue weighted by Crippen LogP contribution is 2.28. The third-order valence-electron chi connectivity index (χ3n) is 4.21. The first-order valence-electron chi connectivity index (χ1n) is 6.73. The smallest absolute Gasteiger partial charge is 0.228 e. The molecule has 0 radical (unpaired) electrons. The van der Waals surface area contributed by atoms with Crippen molar-refractivity contribution in [2.24, 2.45) is 13.0 Å². The molecule has 0 unspecified atom stereocenters. The predicted molar refractivity (Wildman–Crippen MR) is 75.4 cm³/mol. The second kappa shape index (κ2) is 5.92. The molecule has 1 amide bonds. The number of likely N-dealkylation sites (tertiary alicyclic amines) is 1. The molecule has 106 valence electrons. The minimum atomic E-state index is 0. The molecule has 2 aliphatic heterocycles. The minimum absolute atomic E-state index is 0. The van der Waals surface area contributed by atoms with Gasteiger partial charge in [0.05, 0.1) is 5.92 Å². The normalized spacial score (nSPS) is 20.8. The van der Waals surface area contributed by atoms with E-state index in [9.17, 15) is 4.79 Å². The number of nitrogens with zero attached hydrogens (tertiary/aromatic N) is 3. The summed E-state index contributed by atoms with van der Waals surface area (Å²) >= 11 is 0. The SMILES string of the molecule is Cl.Cn1nccc1C1CCN(C(=O)C2CNC2)CC1. The molecule has 1 N–H and O–H groups in total. The van der Waals surface area contributed by atoms with Crippen LogP contribution < -0.4 is 5.32 Å². The number of aromatic nitrogens is 2. The van der Waals surface area contributed by atoms with Crippen molar-refractivity contribution in [3.8, 4) is 0 Å². The van der Waals surface area contributed by atoms with Crippen molar-refractivity contribution < 1.29 is 4.79 Å². The van der Waals surface area contributed by atoms with Gasteiger partial charge in [-0.15, -0.1) is 12.4 Å². The Hall–Kier alpha value is -1.07. The van der Waals surface area contributed by atoms with Gasteiger partial charge in [-0.25, -0.2) is 0 Å². The van der Waals surface area contributed by atoms with Gasteiger partial charge < -0.3 is 10.2 Å². The van der Waals surface area contributed by atoms with E-state index in [2.05, 4.69) is 16.5 Å². The molecule has 0 aliphatic carbocycles. The van der Waals surface area contributed by atoms with Crippen LogP contribution >= 0.6 is 12.4 Å². The number of carbonyl (C=O) groups is 1. The summed E-state index contributed by atoms with van der Waals surface area (Å²) in [6, 6.07) is 2.10. The Kier molecular flexibility index (Phi) is 4.47. The third-order valence-corrected chi connectivity index (χ3v) is 4.21. The molecule has 0 aromatic carbocycles. The molecule has 19 heavy (non-hydrogen) atoms. The summed E-state index contributed by atoms with van der Waals surface area (Å²) < 4.78 is 1.96. The molecule has 1 aromatic rings. The molecule has 0 saturated carbocycles. The van der Waals surface area contributed by atoms with E-state index >= 15 is 0 Å². The number of hydrogen-bond donors (Lipinski definition) is 1. The average Bonchev–Trinajstić information content (AvgIpc) is 2.73. The van der Waals surface area contributed by atoms with Gasteiger partial charge in [0.2, 0.25) is 5.91 Å². The van der Waals surface area contributed by atoms with Crippen molar-refractivity contribution in [2.75, 3.05) is 26.2 Å². The zero-order valence-corrected chi connectivity index (χ0v) is 12.0.